The van der Waals surface area contributed by atoms with Gasteiger partial charge >= 0.3 is 6.61 Å². The van der Waals surface area contributed by atoms with Crippen molar-refractivity contribution in [1.82, 2.24) is 10.6 Å². The van der Waals surface area contributed by atoms with Crippen molar-refractivity contribution in [2.45, 2.75) is 32.4 Å². The molecule has 0 saturated heterocycles. The summed E-state index contributed by atoms with van der Waals surface area (Å²) < 4.78 is 29.6. The highest BCUT2D eigenvalue weighted by Crippen LogP contribution is 2.28. The van der Waals surface area contributed by atoms with Gasteiger partial charge in [0.2, 0.25) is 5.91 Å². The van der Waals surface area contributed by atoms with E-state index in [-0.39, 0.29) is 30.5 Å². The van der Waals surface area contributed by atoms with Gasteiger partial charge in [0, 0.05) is 18.5 Å². The SMILES string of the molecule is CC[C@@H](NC(=O)CCNC(=O)c1cccs1)c1ccccc1OC(F)F. The fourth-order valence-corrected chi connectivity index (χ4v) is 3.06. The van der Waals surface area contributed by atoms with Crippen LogP contribution in [0.15, 0.2) is 41.8 Å². The van der Waals surface area contributed by atoms with Crippen molar-refractivity contribution in [2.75, 3.05) is 6.54 Å². The summed E-state index contributed by atoms with van der Waals surface area (Å²) in [4.78, 5) is 24.5. The molecule has 0 aliphatic carbocycles. The zero-order valence-corrected chi connectivity index (χ0v) is 15.0. The predicted molar refractivity (Wildman–Crippen MR) is 95.5 cm³/mol. The molecular weight excluding hydrogens is 362 g/mol. The number of carbonyl (C=O) groups is 2. The molecule has 1 aromatic heterocycles. The topological polar surface area (TPSA) is 67.4 Å². The number of benzene rings is 1. The second-order valence-electron chi connectivity index (χ2n) is 5.43. The van der Waals surface area contributed by atoms with Gasteiger partial charge in [-0.3, -0.25) is 9.59 Å². The van der Waals surface area contributed by atoms with Crippen LogP contribution in [0.4, 0.5) is 8.78 Å². The predicted octanol–water partition coefficient (Wildman–Crippen LogP) is 3.74. The van der Waals surface area contributed by atoms with Gasteiger partial charge in [-0.15, -0.1) is 11.3 Å². The highest BCUT2D eigenvalue weighted by molar-refractivity contribution is 7.12. The molecule has 0 saturated carbocycles. The van der Waals surface area contributed by atoms with Crippen LogP contribution in [-0.2, 0) is 4.79 Å². The Bertz CT molecular complexity index is 723. The first-order valence-electron chi connectivity index (χ1n) is 8.16. The molecule has 2 aromatic rings. The number of alkyl halides is 2. The molecule has 1 atom stereocenters. The second kappa shape index (κ2) is 9.86. The molecule has 5 nitrogen and oxygen atoms in total. The molecule has 8 heteroatoms. The molecule has 0 aliphatic rings. The minimum absolute atomic E-state index is 0.0423. The van der Waals surface area contributed by atoms with E-state index in [2.05, 4.69) is 15.4 Å². The van der Waals surface area contributed by atoms with Crippen molar-refractivity contribution >= 4 is 23.2 Å². The molecule has 1 heterocycles. The lowest BCUT2D eigenvalue weighted by molar-refractivity contribution is -0.121. The minimum Gasteiger partial charge on any atom is -0.434 e. The Hall–Kier alpha value is -2.48. The molecule has 26 heavy (non-hydrogen) atoms. The van der Waals surface area contributed by atoms with E-state index in [4.69, 9.17) is 0 Å². The summed E-state index contributed by atoms with van der Waals surface area (Å²) in [5.74, 6) is -0.466. The maximum atomic E-state index is 12.5. The normalized spacial score (nSPS) is 11.8. The van der Waals surface area contributed by atoms with Gasteiger partial charge in [0.05, 0.1) is 10.9 Å². The summed E-state index contributed by atoms with van der Waals surface area (Å²) in [7, 11) is 0. The maximum absolute atomic E-state index is 12.5. The molecule has 2 rings (SSSR count). The number of ether oxygens (including phenoxy) is 1. The van der Waals surface area contributed by atoms with Crippen molar-refractivity contribution < 1.29 is 23.1 Å². The summed E-state index contributed by atoms with van der Waals surface area (Å²) in [6, 6.07) is 9.40. The number of amides is 2. The zero-order chi connectivity index (χ0) is 18.9. The molecule has 140 valence electrons. The Morgan fingerprint density at radius 3 is 2.62 bits per heavy atom. The van der Waals surface area contributed by atoms with Crippen LogP contribution in [-0.4, -0.2) is 25.0 Å². The molecule has 0 radical (unpaired) electrons. The maximum Gasteiger partial charge on any atom is 0.387 e. The van der Waals surface area contributed by atoms with E-state index in [1.165, 1.54) is 17.4 Å². The number of hydrogen-bond acceptors (Lipinski definition) is 4. The van der Waals surface area contributed by atoms with Gasteiger partial charge in [0.15, 0.2) is 0 Å². The third-order valence-electron chi connectivity index (χ3n) is 3.64. The summed E-state index contributed by atoms with van der Waals surface area (Å²) in [6.45, 7) is -0.909. The average Bonchev–Trinajstić information content (AvgIpc) is 3.14. The van der Waals surface area contributed by atoms with Gasteiger partial charge in [-0.1, -0.05) is 31.2 Å². The summed E-state index contributed by atoms with van der Waals surface area (Å²) in [6.07, 6.45) is 0.600. The first-order chi connectivity index (χ1) is 12.5. The van der Waals surface area contributed by atoms with Crippen LogP contribution >= 0.6 is 11.3 Å². The van der Waals surface area contributed by atoms with Crippen molar-refractivity contribution in [2.24, 2.45) is 0 Å². The van der Waals surface area contributed by atoms with Crippen LogP contribution in [0.5, 0.6) is 5.75 Å². The Labute approximate surface area is 154 Å². The van der Waals surface area contributed by atoms with Gasteiger partial charge in [-0.05, 0) is 23.9 Å². The third kappa shape index (κ3) is 5.80. The van der Waals surface area contributed by atoms with Crippen LogP contribution in [0.1, 0.15) is 41.0 Å². The summed E-state index contributed by atoms with van der Waals surface area (Å²) >= 11 is 1.32. The van der Waals surface area contributed by atoms with Crippen molar-refractivity contribution in [3.8, 4) is 5.75 Å². The van der Waals surface area contributed by atoms with E-state index in [0.717, 1.165) is 0 Å². The number of hydrogen-bond donors (Lipinski definition) is 2. The number of nitrogens with one attached hydrogen (secondary N) is 2. The average molecular weight is 382 g/mol. The van der Waals surface area contributed by atoms with E-state index in [1.807, 2.05) is 6.92 Å². The molecule has 0 spiro atoms. The lowest BCUT2D eigenvalue weighted by Gasteiger charge is -2.20. The lowest BCUT2D eigenvalue weighted by Crippen LogP contribution is -2.32. The van der Waals surface area contributed by atoms with E-state index in [1.54, 1.807) is 35.7 Å². The molecule has 2 amide bonds. The molecule has 0 unspecified atom stereocenters. The summed E-state index contributed by atoms with van der Waals surface area (Å²) in [5, 5.41) is 7.26. The smallest absolute Gasteiger partial charge is 0.387 e. The second-order valence-corrected chi connectivity index (χ2v) is 6.38. The summed E-state index contributed by atoms with van der Waals surface area (Å²) in [5.41, 5.74) is 0.492. The van der Waals surface area contributed by atoms with Crippen molar-refractivity contribution in [3.63, 3.8) is 0 Å². The zero-order valence-electron chi connectivity index (χ0n) is 14.2. The standard InChI is InChI=1S/C18H20F2N2O3S/c1-2-13(12-6-3-4-7-14(12)25-18(19)20)22-16(23)9-10-21-17(24)15-8-5-11-26-15/h3-8,11,13,18H,2,9-10H2,1H3,(H,21,24)(H,22,23)/t13-/m1/s1. The van der Waals surface area contributed by atoms with Crippen molar-refractivity contribution in [1.29, 1.82) is 0 Å². The number of thiophene rings is 1. The van der Waals surface area contributed by atoms with Crippen LogP contribution < -0.4 is 15.4 Å². The fourth-order valence-electron chi connectivity index (χ4n) is 2.42. The number of para-hydroxylation sites is 1. The largest absolute Gasteiger partial charge is 0.434 e. The number of carbonyl (C=O) groups excluding carboxylic acids is 2. The Morgan fingerprint density at radius 1 is 1.19 bits per heavy atom. The Kier molecular flexibility index (Phi) is 7.53. The van der Waals surface area contributed by atoms with Gasteiger partial charge in [0.25, 0.3) is 5.91 Å². The van der Waals surface area contributed by atoms with Crippen LogP contribution in [0.2, 0.25) is 0 Å². The quantitative estimate of drug-likeness (QED) is 0.694. The minimum atomic E-state index is -2.93. The van der Waals surface area contributed by atoms with E-state index < -0.39 is 12.7 Å². The highest BCUT2D eigenvalue weighted by atomic mass is 32.1. The van der Waals surface area contributed by atoms with Crippen LogP contribution in [0.3, 0.4) is 0 Å². The van der Waals surface area contributed by atoms with Crippen molar-refractivity contribution in [3.05, 3.63) is 52.2 Å². The first kappa shape index (κ1) is 19.8. The molecular formula is C18H20F2N2O3S. The third-order valence-corrected chi connectivity index (χ3v) is 4.51. The monoisotopic (exact) mass is 382 g/mol. The molecule has 0 bridgehead atoms. The van der Waals surface area contributed by atoms with E-state index >= 15 is 0 Å². The van der Waals surface area contributed by atoms with E-state index in [9.17, 15) is 18.4 Å². The lowest BCUT2D eigenvalue weighted by atomic mass is 10.0. The molecule has 1 aromatic carbocycles. The van der Waals surface area contributed by atoms with Gasteiger partial charge in [0.1, 0.15) is 5.75 Å². The molecule has 0 fully saturated rings. The highest BCUT2D eigenvalue weighted by Gasteiger charge is 2.18. The van der Waals surface area contributed by atoms with Crippen LogP contribution in [0, 0.1) is 0 Å². The number of halogens is 2. The van der Waals surface area contributed by atoms with Gasteiger partial charge in [-0.25, -0.2) is 0 Å². The Balaban J connectivity index is 1.89. The van der Waals surface area contributed by atoms with Gasteiger partial charge in [-0.2, -0.15) is 8.78 Å². The van der Waals surface area contributed by atoms with Crippen LogP contribution in [0.25, 0.3) is 0 Å². The van der Waals surface area contributed by atoms with E-state index in [0.29, 0.717) is 16.9 Å². The van der Waals surface area contributed by atoms with Gasteiger partial charge < -0.3 is 15.4 Å². The fraction of sp³-hybridized carbons (Fsp3) is 0.333. The Morgan fingerprint density at radius 2 is 1.96 bits per heavy atom. The molecule has 2 N–H and O–H groups in total. The molecule has 0 aliphatic heterocycles. The number of rotatable bonds is 9. The first-order valence-corrected chi connectivity index (χ1v) is 9.04.